The molecular weight excluding hydrogens is 184 g/mol. The van der Waals surface area contributed by atoms with Crippen molar-refractivity contribution in [2.24, 2.45) is 5.92 Å². The minimum Gasteiger partial charge on any atom is -0.384 e. The van der Waals surface area contributed by atoms with Gasteiger partial charge in [0.1, 0.15) is 0 Å². The maximum Gasteiger partial charge on any atom is 0.0674 e. The number of rotatable bonds is 4. The smallest absolute Gasteiger partial charge is 0.0674 e. The molecule has 0 spiro atoms. The molecule has 0 saturated carbocycles. The first kappa shape index (κ1) is 11.6. The molecule has 0 aromatic heterocycles. The molecule has 1 aromatic rings. The van der Waals surface area contributed by atoms with Gasteiger partial charge in [-0.25, -0.2) is 0 Å². The van der Waals surface area contributed by atoms with Gasteiger partial charge in [0, 0.05) is 12.2 Å². The van der Waals surface area contributed by atoms with E-state index in [9.17, 15) is 0 Å². The van der Waals surface area contributed by atoms with E-state index >= 15 is 0 Å². The Labute approximate surface area is 91.9 Å². The van der Waals surface area contributed by atoms with Gasteiger partial charge >= 0.3 is 0 Å². The van der Waals surface area contributed by atoms with Gasteiger partial charge in [-0.2, -0.15) is 5.26 Å². The fourth-order valence-corrected chi connectivity index (χ4v) is 1.53. The lowest BCUT2D eigenvalue weighted by atomic mass is 10.1. The van der Waals surface area contributed by atoms with Crippen LogP contribution in [0.3, 0.4) is 0 Å². The Hall–Kier alpha value is -1.49. The van der Waals surface area contributed by atoms with Crippen LogP contribution in [-0.2, 0) is 0 Å². The van der Waals surface area contributed by atoms with Gasteiger partial charge < -0.3 is 5.32 Å². The summed E-state index contributed by atoms with van der Waals surface area (Å²) in [5.74, 6) is 0.103. The van der Waals surface area contributed by atoms with Crippen LogP contribution in [-0.4, -0.2) is 6.54 Å². The summed E-state index contributed by atoms with van der Waals surface area (Å²) < 4.78 is 0. The molecule has 0 bridgehead atoms. The molecule has 1 atom stereocenters. The van der Waals surface area contributed by atoms with Crippen LogP contribution in [0, 0.1) is 31.1 Å². The molecule has 0 heterocycles. The molecule has 0 aliphatic heterocycles. The van der Waals surface area contributed by atoms with Gasteiger partial charge in [-0.05, 0) is 31.9 Å². The Kier molecular flexibility index (Phi) is 4.17. The van der Waals surface area contributed by atoms with Crippen LogP contribution in [0.15, 0.2) is 18.2 Å². The Balaban J connectivity index is 2.62. The van der Waals surface area contributed by atoms with Gasteiger partial charge in [-0.15, -0.1) is 0 Å². The van der Waals surface area contributed by atoms with Crippen LogP contribution in [0.1, 0.15) is 24.5 Å². The summed E-state index contributed by atoms with van der Waals surface area (Å²) in [6, 6.07) is 8.60. The van der Waals surface area contributed by atoms with Gasteiger partial charge in [0.15, 0.2) is 0 Å². The second-order valence-electron chi connectivity index (χ2n) is 3.93. The fourth-order valence-electron chi connectivity index (χ4n) is 1.53. The van der Waals surface area contributed by atoms with E-state index in [0.29, 0.717) is 0 Å². The molecule has 0 saturated heterocycles. The van der Waals surface area contributed by atoms with Crippen molar-refractivity contribution < 1.29 is 0 Å². The molecule has 0 radical (unpaired) electrons. The second-order valence-corrected chi connectivity index (χ2v) is 3.93. The molecule has 0 aliphatic rings. The molecule has 1 aromatic carbocycles. The first-order chi connectivity index (χ1) is 7.17. The molecule has 1 unspecified atom stereocenters. The van der Waals surface area contributed by atoms with E-state index in [0.717, 1.165) is 18.7 Å². The molecular formula is C13H18N2. The SMILES string of the molecule is CCC(C#N)CNc1ccc(C)cc1C. The standard InChI is InChI=1S/C13H18N2/c1-4-12(8-14)9-15-13-6-5-10(2)7-11(13)3/h5-7,12,15H,4,9H2,1-3H3. The monoisotopic (exact) mass is 202 g/mol. The molecule has 1 N–H and O–H groups in total. The molecule has 15 heavy (non-hydrogen) atoms. The zero-order chi connectivity index (χ0) is 11.3. The Morgan fingerprint density at radius 1 is 1.40 bits per heavy atom. The molecule has 1 rings (SSSR count). The maximum atomic E-state index is 8.83. The number of nitrogens with one attached hydrogen (secondary N) is 1. The summed E-state index contributed by atoms with van der Waals surface area (Å²) in [6.07, 6.45) is 0.897. The molecule has 0 aliphatic carbocycles. The topological polar surface area (TPSA) is 35.8 Å². The highest BCUT2D eigenvalue weighted by molar-refractivity contribution is 5.51. The van der Waals surface area contributed by atoms with Crippen LogP contribution < -0.4 is 5.32 Å². The lowest BCUT2D eigenvalue weighted by molar-refractivity contribution is 0.674. The number of hydrogen-bond donors (Lipinski definition) is 1. The minimum atomic E-state index is 0.103. The summed E-state index contributed by atoms with van der Waals surface area (Å²) in [6.45, 7) is 6.94. The lowest BCUT2D eigenvalue weighted by Crippen LogP contribution is -2.12. The van der Waals surface area contributed by atoms with Crippen molar-refractivity contribution in [3.8, 4) is 6.07 Å². The van der Waals surface area contributed by atoms with Crippen molar-refractivity contribution in [2.45, 2.75) is 27.2 Å². The quantitative estimate of drug-likeness (QED) is 0.813. The second kappa shape index (κ2) is 5.41. The minimum absolute atomic E-state index is 0.103. The van der Waals surface area contributed by atoms with Crippen LogP contribution >= 0.6 is 0 Å². The highest BCUT2D eigenvalue weighted by Crippen LogP contribution is 2.16. The third-order valence-corrected chi connectivity index (χ3v) is 2.60. The summed E-state index contributed by atoms with van der Waals surface area (Å²) in [5, 5.41) is 12.1. The number of nitrogens with zero attached hydrogens (tertiary/aromatic N) is 1. The zero-order valence-electron chi connectivity index (χ0n) is 9.67. The first-order valence-electron chi connectivity index (χ1n) is 5.38. The number of aryl methyl sites for hydroxylation is 2. The average Bonchev–Trinajstić information content (AvgIpc) is 2.22. The van der Waals surface area contributed by atoms with E-state index in [1.54, 1.807) is 0 Å². The normalized spacial score (nSPS) is 11.9. The van der Waals surface area contributed by atoms with Crippen molar-refractivity contribution in [1.29, 1.82) is 5.26 Å². The third kappa shape index (κ3) is 3.28. The third-order valence-electron chi connectivity index (χ3n) is 2.60. The van der Waals surface area contributed by atoms with Gasteiger partial charge in [-0.1, -0.05) is 24.6 Å². The molecule has 80 valence electrons. The Bertz CT molecular complexity index is 363. The number of benzene rings is 1. The van der Waals surface area contributed by atoms with Crippen LogP contribution in [0.25, 0.3) is 0 Å². The van der Waals surface area contributed by atoms with Crippen LogP contribution in [0.5, 0.6) is 0 Å². The van der Waals surface area contributed by atoms with Crippen LogP contribution in [0.2, 0.25) is 0 Å². The van der Waals surface area contributed by atoms with Crippen molar-refractivity contribution in [3.05, 3.63) is 29.3 Å². The molecule has 0 amide bonds. The number of nitriles is 1. The van der Waals surface area contributed by atoms with E-state index < -0.39 is 0 Å². The fraction of sp³-hybridized carbons (Fsp3) is 0.462. The Morgan fingerprint density at radius 2 is 2.13 bits per heavy atom. The first-order valence-corrected chi connectivity index (χ1v) is 5.38. The van der Waals surface area contributed by atoms with Crippen molar-refractivity contribution in [1.82, 2.24) is 0 Å². The van der Waals surface area contributed by atoms with E-state index in [1.807, 2.05) is 6.92 Å². The van der Waals surface area contributed by atoms with E-state index in [1.165, 1.54) is 11.1 Å². The van der Waals surface area contributed by atoms with E-state index in [4.69, 9.17) is 5.26 Å². The summed E-state index contributed by atoms with van der Waals surface area (Å²) >= 11 is 0. The summed E-state index contributed by atoms with van der Waals surface area (Å²) in [5.41, 5.74) is 3.64. The van der Waals surface area contributed by atoms with Crippen molar-refractivity contribution in [3.63, 3.8) is 0 Å². The van der Waals surface area contributed by atoms with Crippen LogP contribution in [0.4, 0.5) is 5.69 Å². The largest absolute Gasteiger partial charge is 0.384 e. The summed E-state index contributed by atoms with van der Waals surface area (Å²) in [4.78, 5) is 0. The predicted molar refractivity (Wildman–Crippen MR) is 63.8 cm³/mol. The van der Waals surface area contributed by atoms with Gasteiger partial charge in [0.05, 0.1) is 12.0 Å². The molecule has 2 nitrogen and oxygen atoms in total. The van der Waals surface area contributed by atoms with Crippen molar-refractivity contribution >= 4 is 5.69 Å². The van der Waals surface area contributed by atoms with E-state index in [-0.39, 0.29) is 5.92 Å². The highest BCUT2D eigenvalue weighted by Gasteiger charge is 2.04. The van der Waals surface area contributed by atoms with Gasteiger partial charge in [0.25, 0.3) is 0 Å². The highest BCUT2D eigenvalue weighted by atomic mass is 14.9. The average molecular weight is 202 g/mol. The number of anilines is 1. The summed E-state index contributed by atoms with van der Waals surface area (Å²) in [7, 11) is 0. The maximum absolute atomic E-state index is 8.83. The predicted octanol–water partition coefficient (Wildman–Crippen LogP) is 3.27. The molecule has 0 fully saturated rings. The van der Waals surface area contributed by atoms with Gasteiger partial charge in [-0.3, -0.25) is 0 Å². The zero-order valence-corrected chi connectivity index (χ0v) is 9.67. The van der Waals surface area contributed by atoms with Crippen molar-refractivity contribution in [2.75, 3.05) is 11.9 Å². The number of hydrogen-bond acceptors (Lipinski definition) is 2. The van der Waals surface area contributed by atoms with E-state index in [2.05, 4.69) is 43.4 Å². The molecule has 2 heteroatoms. The van der Waals surface area contributed by atoms with Gasteiger partial charge in [0.2, 0.25) is 0 Å². The Morgan fingerprint density at radius 3 is 2.67 bits per heavy atom. The lowest BCUT2D eigenvalue weighted by Gasteiger charge is -2.12.